The molecule has 32 heavy (non-hydrogen) atoms. The molecular weight excluding hydrogens is 391 g/mol. The number of rotatable bonds is 3. The molecule has 2 radical (unpaired) electrons. The monoisotopic (exact) mass is 408 g/mol. The predicted molar refractivity (Wildman–Crippen MR) is 130 cm³/mol. The van der Waals surface area contributed by atoms with Crippen LogP contribution in [-0.4, -0.2) is 27.4 Å². The van der Waals surface area contributed by atoms with Gasteiger partial charge in [-0.3, -0.25) is 4.57 Å². The van der Waals surface area contributed by atoms with Crippen molar-refractivity contribution in [1.82, 2.24) is 19.5 Å². The first-order valence-electron chi connectivity index (χ1n) is 10.4. The lowest BCUT2D eigenvalue weighted by Gasteiger charge is -2.11. The topological polar surface area (TPSA) is 43.6 Å². The highest BCUT2D eigenvalue weighted by Gasteiger charge is 2.18. The summed E-state index contributed by atoms with van der Waals surface area (Å²) in [6, 6.07) is 34.1. The predicted octanol–water partition coefficient (Wildman–Crippen LogP) is 5.10. The zero-order valence-electron chi connectivity index (χ0n) is 17.2. The molecule has 6 rings (SSSR count). The van der Waals surface area contributed by atoms with Gasteiger partial charge in [0.15, 0.2) is 11.6 Å². The number of hydrogen-bond donors (Lipinski definition) is 0. The average Bonchev–Trinajstić information content (AvgIpc) is 3.21. The first kappa shape index (κ1) is 18.5. The third-order valence-corrected chi connectivity index (χ3v) is 5.61. The van der Waals surface area contributed by atoms with Crippen LogP contribution in [0.3, 0.4) is 0 Å². The van der Waals surface area contributed by atoms with Crippen LogP contribution in [0.4, 0.5) is 0 Å². The Labute approximate surface area is 186 Å². The zero-order valence-corrected chi connectivity index (χ0v) is 17.2. The van der Waals surface area contributed by atoms with Gasteiger partial charge in [-0.05, 0) is 6.07 Å². The minimum atomic E-state index is 0.543. The Balaban J connectivity index is 1.72. The van der Waals surface area contributed by atoms with Crippen molar-refractivity contribution in [2.24, 2.45) is 0 Å². The van der Waals surface area contributed by atoms with Gasteiger partial charge in [0.1, 0.15) is 7.85 Å². The van der Waals surface area contributed by atoms with E-state index in [0.717, 1.165) is 32.9 Å². The van der Waals surface area contributed by atoms with Crippen molar-refractivity contribution in [2.75, 3.05) is 0 Å². The van der Waals surface area contributed by atoms with Crippen LogP contribution in [0.1, 0.15) is 0 Å². The maximum atomic E-state index is 6.46. The molecule has 0 saturated carbocycles. The van der Waals surface area contributed by atoms with Crippen LogP contribution >= 0.6 is 0 Å². The molecule has 0 aliphatic rings. The van der Waals surface area contributed by atoms with E-state index in [-0.39, 0.29) is 0 Å². The van der Waals surface area contributed by atoms with Crippen LogP contribution in [0.2, 0.25) is 0 Å². The normalized spacial score (nSPS) is 11.2. The lowest BCUT2D eigenvalue weighted by atomic mass is 9.93. The second-order valence-corrected chi connectivity index (χ2v) is 7.61. The number of hydrogen-bond acceptors (Lipinski definition) is 3. The fourth-order valence-electron chi connectivity index (χ4n) is 4.15. The van der Waals surface area contributed by atoms with E-state index in [1.54, 1.807) is 0 Å². The van der Waals surface area contributed by atoms with Gasteiger partial charge in [0.05, 0.1) is 5.52 Å². The van der Waals surface area contributed by atoms with Gasteiger partial charge in [0, 0.05) is 27.4 Å². The molecule has 4 aromatic carbocycles. The number of aromatic nitrogens is 4. The molecular formula is C27H17BN4. The summed E-state index contributed by atoms with van der Waals surface area (Å²) in [6.07, 6.45) is 0. The number of para-hydroxylation sites is 2. The largest absolute Gasteiger partial charge is 0.278 e. The highest BCUT2D eigenvalue weighted by Crippen LogP contribution is 2.31. The summed E-state index contributed by atoms with van der Waals surface area (Å²) in [4.78, 5) is 14.6. The second-order valence-electron chi connectivity index (χ2n) is 7.61. The molecule has 0 aliphatic heterocycles. The number of benzene rings is 4. The summed E-state index contributed by atoms with van der Waals surface area (Å²) in [6.45, 7) is 0. The standard InChI is InChI=1S/C27H17BN4/c28-22-16-9-15-21-20-14-7-8-17-23(20)32(24(21)22)27-30-25(18-10-3-1-4-11-18)29-26(31-27)19-12-5-2-6-13-19/h1-17H. The fraction of sp³-hybridized carbons (Fsp3) is 0. The van der Waals surface area contributed by atoms with Gasteiger partial charge in [-0.2, -0.15) is 9.97 Å². The highest BCUT2D eigenvalue weighted by atomic mass is 15.2. The van der Waals surface area contributed by atoms with E-state index >= 15 is 0 Å². The van der Waals surface area contributed by atoms with E-state index < -0.39 is 0 Å². The van der Waals surface area contributed by atoms with Crippen molar-refractivity contribution >= 4 is 35.1 Å². The van der Waals surface area contributed by atoms with E-state index in [1.807, 2.05) is 89.5 Å². The van der Waals surface area contributed by atoms with Crippen molar-refractivity contribution in [3.8, 4) is 28.7 Å². The van der Waals surface area contributed by atoms with Crippen molar-refractivity contribution in [2.45, 2.75) is 0 Å². The van der Waals surface area contributed by atoms with Crippen molar-refractivity contribution in [1.29, 1.82) is 0 Å². The minimum absolute atomic E-state index is 0.543. The Bertz CT molecular complexity index is 1520. The van der Waals surface area contributed by atoms with Crippen molar-refractivity contribution in [3.05, 3.63) is 103 Å². The Kier molecular flexibility index (Phi) is 4.32. The summed E-state index contributed by atoms with van der Waals surface area (Å²) in [5.74, 6) is 1.78. The Morgan fingerprint density at radius 2 is 1.09 bits per heavy atom. The summed E-state index contributed by atoms with van der Waals surface area (Å²) >= 11 is 0. The molecule has 148 valence electrons. The zero-order chi connectivity index (χ0) is 21.5. The SMILES string of the molecule is [B]c1cccc2c3ccccc3n(-c3nc(-c4ccccc4)nc(-c4ccccc4)n3)c12. The quantitative estimate of drug-likeness (QED) is 0.383. The third kappa shape index (κ3) is 2.98. The molecule has 5 heteroatoms. The molecule has 0 N–H and O–H groups in total. The minimum Gasteiger partial charge on any atom is -0.278 e. The maximum Gasteiger partial charge on any atom is 0.238 e. The van der Waals surface area contributed by atoms with E-state index in [4.69, 9.17) is 22.8 Å². The first-order valence-corrected chi connectivity index (χ1v) is 10.4. The smallest absolute Gasteiger partial charge is 0.238 e. The summed E-state index contributed by atoms with van der Waals surface area (Å²) in [5.41, 5.74) is 4.45. The molecule has 0 saturated heterocycles. The lowest BCUT2D eigenvalue weighted by Crippen LogP contribution is -2.11. The lowest BCUT2D eigenvalue weighted by molar-refractivity contribution is 0.954. The van der Waals surface area contributed by atoms with Gasteiger partial charge in [0.25, 0.3) is 0 Å². The van der Waals surface area contributed by atoms with Crippen LogP contribution in [0.25, 0.3) is 50.5 Å². The van der Waals surface area contributed by atoms with Crippen LogP contribution in [0, 0.1) is 0 Å². The van der Waals surface area contributed by atoms with Gasteiger partial charge in [-0.1, -0.05) is 103 Å². The summed E-state index contributed by atoms with van der Waals surface area (Å²) in [7, 11) is 6.46. The maximum absolute atomic E-state index is 6.46. The molecule has 0 aliphatic carbocycles. The third-order valence-electron chi connectivity index (χ3n) is 5.61. The van der Waals surface area contributed by atoms with E-state index in [2.05, 4.69) is 18.2 Å². The molecule has 0 bridgehead atoms. The van der Waals surface area contributed by atoms with E-state index in [0.29, 0.717) is 23.1 Å². The Hall–Kier alpha value is -4.25. The molecule has 0 fully saturated rings. The molecule has 0 spiro atoms. The van der Waals surface area contributed by atoms with Crippen molar-refractivity contribution < 1.29 is 0 Å². The molecule has 0 atom stereocenters. The van der Waals surface area contributed by atoms with Crippen LogP contribution in [-0.2, 0) is 0 Å². The molecule has 2 aromatic heterocycles. The van der Waals surface area contributed by atoms with Gasteiger partial charge in [-0.15, -0.1) is 0 Å². The average molecular weight is 408 g/mol. The summed E-state index contributed by atoms with van der Waals surface area (Å²) in [5, 5.41) is 2.18. The van der Waals surface area contributed by atoms with E-state index in [9.17, 15) is 0 Å². The van der Waals surface area contributed by atoms with Crippen molar-refractivity contribution in [3.63, 3.8) is 0 Å². The van der Waals surface area contributed by atoms with Gasteiger partial charge in [0.2, 0.25) is 5.95 Å². The first-order chi connectivity index (χ1) is 15.8. The molecule has 2 heterocycles. The Morgan fingerprint density at radius 3 is 1.75 bits per heavy atom. The van der Waals surface area contributed by atoms with E-state index in [1.165, 1.54) is 0 Å². The van der Waals surface area contributed by atoms with Crippen LogP contribution in [0.5, 0.6) is 0 Å². The Morgan fingerprint density at radius 1 is 0.531 bits per heavy atom. The molecule has 0 amide bonds. The molecule has 4 nitrogen and oxygen atoms in total. The molecule has 6 aromatic rings. The number of nitrogens with zero attached hydrogens (tertiary/aromatic N) is 4. The highest BCUT2D eigenvalue weighted by molar-refractivity contribution is 6.39. The van der Waals surface area contributed by atoms with Crippen LogP contribution < -0.4 is 5.46 Å². The number of fused-ring (bicyclic) bond motifs is 3. The second kappa shape index (κ2) is 7.47. The van der Waals surface area contributed by atoms with Gasteiger partial charge >= 0.3 is 0 Å². The summed E-state index contributed by atoms with van der Waals surface area (Å²) < 4.78 is 2.04. The van der Waals surface area contributed by atoms with Crippen LogP contribution in [0.15, 0.2) is 103 Å². The van der Waals surface area contributed by atoms with Gasteiger partial charge in [-0.25, -0.2) is 4.98 Å². The fourth-order valence-corrected chi connectivity index (χ4v) is 4.15. The van der Waals surface area contributed by atoms with Gasteiger partial charge < -0.3 is 0 Å². The molecule has 0 unspecified atom stereocenters.